The van der Waals surface area contributed by atoms with Crippen molar-refractivity contribution in [3.63, 3.8) is 0 Å². The van der Waals surface area contributed by atoms with E-state index >= 15 is 0 Å². The summed E-state index contributed by atoms with van der Waals surface area (Å²) in [4.78, 5) is 12.4. The molecule has 2 aliphatic rings. The van der Waals surface area contributed by atoms with Gasteiger partial charge in [-0.05, 0) is 23.8 Å². The minimum atomic E-state index is -0.0813. The molecule has 0 fully saturated rings. The number of hydrogen-bond acceptors (Lipinski definition) is 4. The fourth-order valence-electron chi connectivity index (χ4n) is 2.60. The molecule has 4 heteroatoms. The van der Waals surface area contributed by atoms with Gasteiger partial charge in [-0.15, -0.1) is 0 Å². The Bertz CT molecular complexity index is 750. The molecule has 2 aromatic rings. The number of carbonyl (C=O) groups excluding carboxylic acids is 1. The van der Waals surface area contributed by atoms with Crippen LogP contribution in [0.3, 0.4) is 0 Å². The SMILES string of the molecule is O=C1C(=Cc2ccccc2)Oc2c1ccc1c2CNCO1. The zero-order valence-electron chi connectivity index (χ0n) is 11.3. The van der Waals surface area contributed by atoms with Gasteiger partial charge in [0, 0.05) is 6.54 Å². The van der Waals surface area contributed by atoms with Gasteiger partial charge in [-0.25, -0.2) is 0 Å². The number of hydrogen-bond donors (Lipinski definition) is 1. The van der Waals surface area contributed by atoms with Gasteiger partial charge in [-0.3, -0.25) is 10.1 Å². The van der Waals surface area contributed by atoms with Gasteiger partial charge >= 0.3 is 0 Å². The number of allylic oxidation sites excluding steroid dienone is 1. The van der Waals surface area contributed by atoms with Crippen LogP contribution in [0.5, 0.6) is 11.5 Å². The van der Waals surface area contributed by atoms with Crippen LogP contribution in [-0.4, -0.2) is 12.5 Å². The first kappa shape index (κ1) is 12.2. The maximum absolute atomic E-state index is 12.4. The lowest BCUT2D eigenvalue weighted by molar-refractivity contribution is 0.101. The van der Waals surface area contributed by atoms with E-state index in [1.807, 2.05) is 36.4 Å². The molecule has 2 aromatic carbocycles. The Morgan fingerprint density at radius 3 is 2.81 bits per heavy atom. The van der Waals surface area contributed by atoms with Crippen molar-refractivity contribution in [2.75, 3.05) is 6.73 Å². The maximum atomic E-state index is 12.4. The van der Waals surface area contributed by atoms with Crippen molar-refractivity contribution >= 4 is 11.9 Å². The van der Waals surface area contributed by atoms with Crippen molar-refractivity contribution < 1.29 is 14.3 Å². The third-order valence-corrected chi connectivity index (χ3v) is 3.63. The Morgan fingerprint density at radius 1 is 1.10 bits per heavy atom. The molecule has 21 heavy (non-hydrogen) atoms. The van der Waals surface area contributed by atoms with Gasteiger partial charge < -0.3 is 9.47 Å². The Hall–Kier alpha value is -2.59. The standard InChI is InChI=1S/C17H13NO3/c19-16-12-6-7-14-13(9-18-10-20-14)17(12)21-15(16)8-11-4-2-1-3-5-11/h1-8,18H,9-10H2. The summed E-state index contributed by atoms with van der Waals surface area (Å²) in [5, 5.41) is 3.12. The van der Waals surface area contributed by atoms with E-state index in [9.17, 15) is 4.79 Å². The predicted octanol–water partition coefficient (Wildman–Crippen LogP) is 2.74. The first-order valence-electron chi connectivity index (χ1n) is 6.81. The molecule has 104 valence electrons. The summed E-state index contributed by atoms with van der Waals surface area (Å²) in [6.07, 6.45) is 1.77. The molecule has 0 saturated carbocycles. The highest BCUT2D eigenvalue weighted by molar-refractivity contribution is 6.15. The normalized spacial score (nSPS) is 17.9. The second-order valence-corrected chi connectivity index (χ2v) is 4.98. The molecule has 0 unspecified atom stereocenters. The molecule has 0 aromatic heterocycles. The molecule has 0 aliphatic carbocycles. The fraction of sp³-hybridized carbons (Fsp3) is 0.118. The summed E-state index contributed by atoms with van der Waals surface area (Å²) >= 11 is 0. The number of fused-ring (bicyclic) bond motifs is 3. The van der Waals surface area contributed by atoms with Gasteiger partial charge in [0.2, 0.25) is 5.78 Å². The number of nitrogens with one attached hydrogen (secondary N) is 1. The van der Waals surface area contributed by atoms with Gasteiger partial charge in [0.1, 0.15) is 18.2 Å². The van der Waals surface area contributed by atoms with Gasteiger partial charge in [0.15, 0.2) is 5.76 Å². The van der Waals surface area contributed by atoms with Crippen molar-refractivity contribution in [3.05, 3.63) is 64.9 Å². The Balaban J connectivity index is 1.77. The molecule has 4 nitrogen and oxygen atoms in total. The second-order valence-electron chi connectivity index (χ2n) is 4.98. The third kappa shape index (κ3) is 2.00. The quantitative estimate of drug-likeness (QED) is 0.815. The Labute approximate surface area is 122 Å². The van der Waals surface area contributed by atoms with E-state index in [2.05, 4.69) is 5.32 Å². The predicted molar refractivity (Wildman–Crippen MR) is 78.2 cm³/mol. The molecular weight excluding hydrogens is 266 g/mol. The van der Waals surface area contributed by atoms with Crippen molar-refractivity contribution in [3.8, 4) is 11.5 Å². The van der Waals surface area contributed by atoms with E-state index < -0.39 is 0 Å². The van der Waals surface area contributed by atoms with Crippen LogP contribution in [0.1, 0.15) is 21.5 Å². The number of Topliss-reactive ketones (excluding diaryl/α,β-unsaturated/α-hetero) is 1. The number of rotatable bonds is 1. The molecule has 1 N–H and O–H groups in total. The highest BCUT2D eigenvalue weighted by atomic mass is 16.5. The number of benzene rings is 2. The van der Waals surface area contributed by atoms with Gasteiger partial charge in [-0.2, -0.15) is 0 Å². The number of ether oxygens (including phenoxy) is 2. The largest absolute Gasteiger partial charge is 0.478 e. The molecule has 0 saturated heterocycles. The minimum absolute atomic E-state index is 0.0813. The van der Waals surface area contributed by atoms with Crippen LogP contribution in [0.25, 0.3) is 6.08 Å². The average Bonchev–Trinajstić information content (AvgIpc) is 2.85. The maximum Gasteiger partial charge on any atom is 0.231 e. The van der Waals surface area contributed by atoms with Crippen molar-refractivity contribution in [1.82, 2.24) is 5.32 Å². The van der Waals surface area contributed by atoms with Gasteiger partial charge in [-0.1, -0.05) is 30.3 Å². The molecule has 0 bridgehead atoms. The zero-order chi connectivity index (χ0) is 14.2. The number of carbonyl (C=O) groups is 1. The Kier molecular flexibility index (Phi) is 2.75. The van der Waals surface area contributed by atoms with E-state index in [0.29, 0.717) is 30.3 Å². The summed E-state index contributed by atoms with van der Waals surface area (Å²) in [6.45, 7) is 1.12. The van der Waals surface area contributed by atoms with Crippen LogP contribution in [0.2, 0.25) is 0 Å². The molecule has 0 amide bonds. The molecular formula is C17H13NO3. The highest BCUT2D eigenvalue weighted by Crippen LogP contribution is 2.40. The molecule has 4 rings (SSSR count). The zero-order valence-corrected chi connectivity index (χ0v) is 11.3. The van der Waals surface area contributed by atoms with Crippen LogP contribution in [0.4, 0.5) is 0 Å². The first-order valence-corrected chi connectivity index (χ1v) is 6.81. The van der Waals surface area contributed by atoms with Crippen molar-refractivity contribution in [1.29, 1.82) is 0 Å². The molecule has 0 spiro atoms. The Morgan fingerprint density at radius 2 is 1.95 bits per heavy atom. The smallest absolute Gasteiger partial charge is 0.231 e. The molecule has 2 heterocycles. The first-order chi connectivity index (χ1) is 10.3. The van der Waals surface area contributed by atoms with Crippen LogP contribution >= 0.6 is 0 Å². The topological polar surface area (TPSA) is 47.6 Å². The lowest BCUT2D eigenvalue weighted by atomic mass is 10.0. The second kappa shape index (κ2) is 4.75. The van der Waals surface area contributed by atoms with E-state index in [4.69, 9.17) is 9.47 Å². The van der Waals surface area contributed by atoms with E-state index in [1.54, 1.807) is 12.1 Å². The number of ketones is 1. The highest BCUT2D eigenvalue weighted by Gasteiger charge is 2.32. The van der Waals surface area contributed by atoms with Crippen LogP contribution in [-0.2, 0) is 6.54 Å². The molecule has 0 radical (unpaired) electrons. The fourth-order valence-corrected chi connectivity index (χ4v) is 2.60. The lowest BCUT2D eigenvalue weighted by Gasteiger charge is -2.19. The summed E-state index contributed by atoms with van der Waals surface area (Å²) in [6, 6.07) is 13.3. The van der Waals surface area contributed by atoms with Crippen molar-refractivity contribution in [2.45, 2.75) is 6.54 Å². The van der Waals surface area contributed by atoms with Gasteiger partial charge in [0.25, 0.3) is 0 Å². The minimum Gasteiger partial charge on any atom is -0.478 e. The van der Waals surface area contributed by atoms with E-state index in [-0.39, 0.29) is 5.78 Å². The third-order valence-electron chi connectivity index (χ3n) is 3.63. The van der Waals surface area contributed by atoms with Crippen LogP contribution < -0.4 is 14.8 Å². The molecule has 2 aliphatic heterocycles. The van der Waals surface area contributed by atoms with E-state index in [0.717, 1.165) is 16.9 Å². The summed E-state index contributed by atoms with van der Waals surface area (Å²) in [5.41, 5.74) is 2.45. The monoisotopic (exact) mass is 279 g/mol. The summed E-state index contributed by atoms with van der Waals surface area (Å²) < 4.78 is 11.3. The van der Waals surface area contributed by atoms with E-state index in [1.165, 1.54) is 0 Å². The summed E-state index contributed by atoms with van der Waals surface area (Å²) in [7, 11) is 0. The summed E-state index contributed by atoms with van der Waals surface area (Å²) in [5.74, 6) is 1.67. The average molecular weight is 279 g/mol. The molecule has 0 atom stereocenters. The lowest BCUT2D eigenvalue weighted by Crippen LogP contribution is -2.25. The van der Waals surface area contributed by atoms with Gasteiger partial charge in [0.05, 0.1) is 11.1 Å². The van der Waals surface area contributed by atoms with Crippen LogP contribution in [0, 0.1) is 0 Å². The van der Waals surface area contributed by atoms with Crippen LogP contribution in [0.15, 0.2) is 48.2 Å². The van der Waals surface area contributed by atoms with Crippen molar-refractivity contribution in [2.24, 2.45) is 0 Å².